The highest BCUT2D eigenvalue weighted by Gasteiger charge is 2.28. The number of carbonyl (C=O) groups is 1. The average molecular weight is 402 g/mol. The lowest BCUT2D eigenvalue weighted by Gasteiger charge is -2.10. The number of nitrogens with one attached hydrogen (secondary N) is 1. The molecule has 0 fully saturated rings. The highest BCUT2D eigenvalue weighted by molar-refractivity contribution is 9.10. The molecule has 1 aromatic rings. The second-order valence-corrected chi connectivity index (χ2v) is 6.58. The van der Waals surface area contributed by atoms with Crippen molar-refractivity contribution in [2.45, 2.75) is 26.1 Å². The second kappa shape index (κ2) is 7.77. The number of halogens is 2. The normalized spacial score (nSPS) is 16.8. The molecule has 1 atom stereocenters. The van der Waals surface area contributed by atoms with Gasteiger partial charge < -0.3 is 9.84 Å². The molecule has 0 aliphatic carbocycles. The molecule has 1 unspecified atom stereocenters. The van der Waals surface area contributed by atoms with Crippen molar-refractivity contribution >= 4 is 44.6 Å². The molecule has 1 amide bonds. The van der Waals surface area contributed by atoms with Gasteiger partial charge in [-0.1, -0.05) is 18.7 Å². The van der Waals surface area contributed by atoms with Crippen LogP contribution in [-0.4, -0.2) is 22.1 Å². The zero-order valence-corrected chi connectivity index (χ0v) is 14.5. The lowest BCUT2D eigenvalue weighted by atomic mass is 10.0. The average Bonchev–Trinajstić information content (AvgIpc) is 2.87. The van der Waals surface area contributed by atoms with Crippen LogP contribution in [-0.2, 0) is 11.3 Å². The zero-order chi connectivity index (χ0) is 17.0. The Kier molecular flexibility index (Phi) is 5.98. The number of amides is 1. The summed E-state index contributed by atoms with van der Waals surface area (Å²) >= 11 is 4.34. The summed E-state index contributed by atoms with van der Waals surface area (Å²) in [5.74, 6) is -0.0149. The van der Waals surface area contributed by atoms with Crippen LogP contribution < -0.4 is 5.32 Å². The van der Waals surface area contributed by atoms with E-state index in [9.17, 15) is 9.18 Å². The van der Waals surface area contributed by atoms with Crippen molar-refractivity contribution < 1.29 is 19.0 Å². The standard InChI is InChI=1S/C14H13BrFN3O3S/c1-2-23-13(19-14(20)21)18-9-5-7-8(11(15)12(9)16)6-22-10(7)3-4-17/h5,10H,2-3,6H2,1H3,(H,18,19)(H,20,21). The molecule has 0 bridgehead atoms. The first-order valence-electron chi connectivity index (χ1n) is 6.68. The Morgan fingerprint density at radius 1 is 1.74 bits per heavy atom. The van der Waals surface area contributed by atoms with Gasteiger partial charge in [-0.25, -0.2) is 14.2 Å². The minimum Gasteiger partial charge on any atom is -0.465 e. The molecule has 1 heterocycles. The number of hydrogen-bond donors (Lipinski definition) is 2. The Hall–Kier alpha value is -1.63. The van der Waals surface area contributed by atoms with Crippen molar-refractivity contribution in [3.05, 3.63) is 27.5 Å². The Bertz CT molecular complexity index is 705. The van der Waals surface area contributed by atoms with Gasteiger partial charge in [0.2, 0.25) is 0 Å². The molecule has 0 radical (unpaired) electrons. The fourth-order valence-electron chi connectivity index (χ4n) is 2.14. The highest BCUT2D eigenvalue weighted by atomic mass is 79.9. The molecular formula is C14H13BrFN3O3S. The van der Waals surface area contributed by atoms with E-state index in [1.807, 2.05) is 13.0 Å². The lowest BCUT2D eigenvalue weighted by molar-refractivity contribution is 0.0694. The third-order valence-electron chi connectivity index (χ3n) is 3.09. The van der Waals surface area contributed by atoms with Crippen molar-refractivity contribution in [1.82, 2.24) is 5.32 Å². The number of nitriles is 1. The maximum absolute atomic E-state index is 14.4. The van der Waals surface area contributed by atoms with E-state index >= 15 is 0 Å². The van der Waals surface area contributed by atoms with Gasteiger partial charge in [-0.05, 0) is 33.3 Å². The summed E-state index contributed by atoms with van der Waals surface area (Å²) in [6.07, 6.45) is -1.55. The van der Waals surface area contributed by atoms with Gasteiger partial charge >= 0.3 is 6.09 Å². The van der Waals surface area contributed by atoms with Crippen molar-refractivity contribution in [3.8, 4) is 6.07 Å². The predicted molar refractivity (Wildman–Crippen MR) is 88.2 cm³/mol. The van der Waals surface area contributed by atoms with Crippen LogP contribution in [0.4, 0.5) is 14.9 Å². The molecule has 23 heavy (non-hydrogen) atoms. The van der Waals surface area contributed by atoms with Crippen molar-refractivity contribution in [2.24, 2.45) is 4.99 Å². The van der Waals surface area contributed by atoms with Crippen LogP contribution >= 0.6 is 27.7 Å². The second-order valence-electron chi connectivity index (χ2n) is 4.53. The maximum Gasteiger partial charge on any atom is 0.410 e. The Morgan fingerprint density at radius 2 is 2.48 bits per heavy atom. The van der Waals surface area contributed by atoms with Crippen LogP contribution in [0.5, 0.6) is 0 Å². The van der Waals surface area contributed by atoms with Gasteiger partial charge in [0.1, 0.15) is 5.69 Å². The lowest BCUT2D eigenvalue weighted by Crippen LogP contribution is -2.26. The molecular weight excluding hydrogens is 389 g/mol. The summed E-state index contributed by atoms with van der Waals surface area (Å²) in [4.78, 5) is 14.9. The molecule has 2 rings (SSSR count). The summed E-state index contributed by atoms with van der Waals surface area (Å²) < 4.78 is 20.2. The largest absolute Gasteiger partial charge is 0.465 e. The van der Waals surface area contributed by atoms with E-state index in [2.05, 4.69) is 26.2 Å². The summed E-state index contributed by atoms with van der Waals surface area (Å²) in [6, 6.07) is 3.53. The molecule has 9 heteroatoms. The van der Waals surface area contributed by atoms with E-state index in [4.69, 9.17) is 15.1 Å². The molecule has 6 nitrogen and oxygen atoms in total. The molecule has 1 aliphatic heterocycles. The molecule has 1 aromatic carbocycles. The van der Waals surface area contributed by atoms with E-state index in [-0.39, 0.29) is 28.4 Å². The van der Waals surface area contributed by atoms with Gasteiger partial charge in [0, 0.05) is 5.56 Å². The van der Waals surface area contributed by atoms with E-state index in [0.717, 1.165) is 11.8 Å². The topological polar surface area (TPSA) is 94.7 Å². The fraction of sp³-hybridized carbons (Fsp3) is 0.357. The Balaban J connectivity index is 2.47. The number of aliphatic imine (C=N–C) groups is 1. The minimum absolute atomic E-state index is 0.00577. The summed E-state index contributed by atoms with van der Waals surface area (Å²) in [5, 5.41) is 19.9. The molecule has 2 N–H and O–H groups in total. The smallest absolute Gasteiger partial charge is 0.410 e. The molecule has 0 aromatic heterocycles. The maximum atomic E-state index is 14.4. The number of ether oxygens (including phenoxy) is 1. The number of benzene rings is 1. The molecule has 0 saturated heterocycles. The van der Waals surface area contributed by atoms with Crippen LogP contribution in [0.25, 0.3) is 0 Å². The monoisotopic (exact) mass is 401 g/mol. The van der Waals surface area contributed by atoms with Crippen LogP contribution in [0.1, 0.15) is 30.6 Å². The Labute approximate surface area is 144 Å². The fourth-order valence-corrected chi connectivity index (χ4v) is 3.29. The third-order valence-corrected chi connectivity index (χ3v) is 4.67. The highest BCUT2D eigenvalue weighted by Crippen LogP contribution is 2.42. The number of carboxylic acid groups (broad SMARTS) is 1. The quantitative estimate of drug-likeness (QED) is 0.587. The van der Waals surface area contributed by atoms with Crippen molar-refractivity contribution in [2.75, 3.05) is 5.75 Å². The third kappa shape index (κ3) is 4.02. The number of fused-ring (bicyclic) bond motifs is 1. The van der Waals surface area contributed by atoms with Crippen LogP contribution in [0.3, 0.4) is 0 Å². The van der Waals surface area contributed by atoms with Gasteiger partial charge in [-0.15, -0.1) is 0 Å². The predicted octanol–water partition coefficient (Wildman–Crippen LogP) is 4.08. The van der Waals surface area contributed by atoms with Gasteiger partial charge in [0.15, 0.2) is 11.0 Å². The number of rotatable bonds is 3. The summed E-state index contributed by atoms with van der Waals surface area (Å²) in [6.45, 7) is 2.04. The first-order chi connectivity index (χ1) is 11.0. The van der Waals surface area contributed by atoms with Gasteiger partial charge in [-0.2, -0.15) is 5.26 Å². The van der Waals surface area contributed by atoms with E-state index in [1.165, 1.54) is 6.07 Å². The SMILES string of the molecule is CCSC(=Nc1cc2c(c(Br)c1F)COC2CC#N)NC(=O)O. The number of thioether (sulfide) groups is 1. The molecule has 0 spiro atoms. The first kappa shape index (κ1) is 17.7. The van der Waals surface area contributed by atoms with E-state index < -0.39 is 18.0 Å². The molecule has 0 saturated carbocycles. The van der Waals surface area contributed by atoms with Gasteiger partial charge in [0.25, 0.3) is 0 Å². The number of amidine groups is 1. The van der Waals surface area contributed by atoms with Crippen LogP contribution in [0, 0.1) is 17.1 Å². The Morgan fingerprint density at radius 3 is 3.09 bits per heavy atom. The van der Waals surface area contributed by atoms with E-state index in [0.29, 0.717) is 16.9 Å². The number of nitrogens with zero attached hydrogens (tertiary/aromatic N) is 2. The zero-order valence-electron chi connectivity index (χ0n) is 12.1. The van der Waals surface area contributed by atoms with Gasteiger partial charge in [0.05, 0.1) is 29.7 Å². The summed E-state index contributed by atoms with van der Waals surface area (Å²) in [7, 11) is 0. The minimum atomic E-state index is -1.27. The van der Waals surface area contributed by atoms with Crippen molar-refractivity contribution in [3.63, 3.8) is 0 Å². The first-order valence-corrected chi connectivity index (χ1v) is 8.46. The molecule has 122 valence electrons. The van der Waals surface area contributed by atoms with Crippen molar-refractivity contribution in [1.29, 1.82) is 5.26 Å². The van der Waals surface area contributed by atoms with Crippen LogP contribution in [0.15, 0.2) is 15.5 Å². The molecule has 1 aliphatic rings. The van der Waals surface area contributed by atoms with Gasteiger partial charge in [-0.3, -0.25) is 5.32 Å². The summed E-state index contributed by atoms with van der Waals surface area (Å²) in [5.41, 5.74) is 1.33. The number of hydrogen-bond acceptors (Lipinski definition) is 5. The van der Waals surface area contributed by atoms with E-state index in [1.54, 1.807) is 0 Å². The van der Waals surface area contributed by atoms with Crippen LogP contribution in [0.2, 0.25) is 0 Å².